The van der Waals surface area contributed by atoms with Gasteiger partial charge in [-0.3, -0.25) is 0 Å². The van der Waals surface area contributed by atoms with Crippen LogP contribution in [-0.4, -0.2) is 29.8 Å². The summed E-state index contributed by atoms with van der Waals surface area (Å²) < 4.78 is 10.9. The molecule has 1 amide bonds. The molecule has 0 radical (unpaired) electrons. The highest BCUT2D eigenvalue weighted by molar-refractivity contribution is 5.81. The minimum absolute atomic E-state index is 0.111. The van der Waals surface area contributed by atoms with Crippen LogP contribution in [0.15, 0.2) is 60.7 Å². The molecule has 0 saturated carbocycles. The molecular weight excluding hydrogens is 354 g/mol. The number of carbonyl (C=O) groups is 2. The van der Waals surface area contributed by atoms with Crippen LogP contribution in [0.2, 0.25) is 0 Å². The zero-order valence-electron chi connectivity index (χ0n) is 17.1. The summed E-state index contributed by atoms with van der Waals surface area (Å²) in [6, 6.07) is 19.0. The number of rotatable bonds is 6. The Morgan fingerprint density at radius 2 is 1.32 bits per heavy atom. The fourth-order valence-corrected chi connectivity index (χ4v) is 2.95. The molecule has 0 saturated heterocycles. The van der Waals surface area contributed by atoms with Crippen LogP contribution < -0.4 is 5.32 Å². The molecule has 0 fully saturated rings. The Morgan fingerprint density at radius 1 is 0.857 bits per heavy atom. The number of benzene rings is 2. The van der Waals surface area contributed by atoms with Gasteiger partial charge in [0, 0.05) is 5.92 Å². The molecule has 5 nitrogen and oxygen atoms in total. The molecule has 2 rings (SSSR count). The van der Waals surface area contributed by atoms with E-state index in [1.54, 1.807) is 27.7 Å². The Kier molecular flexibility index (Phi) is 7.21. The average Bonchev–Trinajstić information content (AvgIpc) is 2.62. The molecule has 2 aromatic rings. The summed E-state index contributed by atoms with van der Waals surface area (Å²) in [5.74, 6) is -0.615. The van der Waals surface area contributed by atoms with Crippen molar-refractivity contribution in [2.24, 2.45) is 0 Å². The van der Waals surface area contributed by atoms with Crippen LogP contribution in [0.4, 0.5) is 4.79 Å². The number of alkyl carbamates (subject to hydrolysis) is 1. The van der Waals surface area contributed by atoms with Crippen molar-refractivity contribution in [2.45, 2.75) is 58.3 Å². The Hall–Kier alpha value is -2.82. The first-order valence-corrected chi connectivity index (χ1v) is 9.47. The molecule has 0 aliphatic heterocycles. The summed E-state index contributed by atoms with van der Waals surface area (Å²) in [5, 5.41) is 2.52. The first-order valence-electron chi connectivity index (χ1n) is 9.47. The summed E-state index contributed by atoms with van der Waals surface area (Å²) >= 11 is 0. The van der Waals surface area contributed by atoms with Crippen LogP contribution in [0.5, 0.6) is 0 Å². The van der Waals surface area contributed by atoms with Gasteiger partial charge in [0.15, 0.2) is 0 Å². The molecule has 0 aliphatic rings. The molecule has 150 valence electrons. The van der Waals surface area contributed by atoms with E-state index in [2.05, 4.69) is 5.32 Å². The standard InChI is InChI=1S/C23H29NO4/c1-16(24-22(26)28-23(3,4)5)21(25)27-17(2)20(18-12-8-6-9-13-18)19-14-10-7-11-15-19/h6-17,20H,1-5H3,(H,24,26)/t16-,17-/m0/s1. The lowest BCUT2D eigenvalue weighted by atomic mass is 9.87. The van der Waals surface area contributed by atoms with Crippen LogP contribution in [0.25, 0.3) is 0 Å². The smallest absolute Gasteiger partial charge is 0.408 e. The molecule has 28 heavy (non-hydrogen) atoms. The van der Waals surface area contributed by atoms with E-state index in [0.717, 1.165) is 11.1 Å². The predicted molar refractivity (Wildman–Crippen MR) is 109 cm³/mol. The zero-order chi connectivity index (χ0) is 20.7. The fourth-order valence-electron chi connectivity index (χ4n) is 2.95. The minimum Gasteiger partial charge on any atom is -0.460 e. The third kappa shape index (κ3) is 6.41. The first kappa shape index (κ1) is 21.5. The van der Waals surface area contributed by atoms with Crippen molar-refractivity contribution in [2.75, 3.05) is 0 Å². The zero-order valence-corrected chi connectivity index (χ0v) is 17.1. The summed E-state index contributed by atoms with van der Waals surface area (Å²) in [6.45, 7) is 8.74. The first-order chi connectivity index (χ1) is 13.2. The van der Waals surface area contributed by atoms with Crippen molar-refractivity contribution in [3.63, 3.8) is 0 Å². The van der Waals surface area contributed by atoms with Crippen LogP contribution in [0.1, 0.15) is 51.7 Å². The lowest BCUT2D eigenvalue weighted by Gasteiger charge is -2.27. The number of hydrogen-bond donors (Lipinski definition) is 1. The normalized spacial score (nSPS) is 13.5. The Balaban J connectivity index is 2.09. The molecule has 0 aliphatic carbocycles. The Morgan fingerprint density at radius 3 is 1.75 bits per heavy atom. The van der Waals surface area contributed by atoms with Crippen molar-refractivity contribution < 1.29 is 19.1 Å². The van der Waals surface area contributed by atoms with Crippen molar-refractivity contribution in [1.29, 1.82) is 0 Å². The quantitative estimate of drug-likeness (QED) is 0.737. The van der Waals surface area contributed by atoms with E-state index in [1.807, 2.05) is 67.6 Å². The minimum atomic E-state index is -0.815. The van der Waals surface area contributed by atoms with E-state index >= 15 is 0 Å². The molecule has 2 atom stereocenters. The summed E-state index contributed by atoms with van der Waals surface area (Å²) in [4.78, 5) is 24.4. The van der Waals surface area contributed by atoms with Gasteiger partial charge in [0.1, 0.15) is 17.7 Å². The molecule has 5 heteroatoms. The number of hydrogen-bond acceptors (Lipinski definition) is 4. The third-order valence-corrected chi connectivity index (χ3v) is 4.18. The maximum atomic E-state index is 12.5. The van der Waals surface area contributed by atoms with Crippen LogP contribution in [0.3, 0.4) is 0 Å². The van der Waals surface area contributed by atoms with Gasteiger partial charge in [0.05, 0.1) is 0 Å². The van der Waals surface area contributed by atoms with Gasteiger partial charge in [0.2, 0.25) is 0 Å². The summed E-state index contributed by atoms with van der Waals surface area (Å²) in [7, 11) is 0. The number of amides is 1. The lowest BCUT2D eigenvalue weighted by molar-refractivity contribution is -0.150. The molecule has 1 N–H and O–H groups in total. The van der Waals surface area contributed by atoms with E-state index < -0.39 is 29.8 Å². The number of carbonyl (C=O) groups excluding carboxylic acids is 2. The maximum absolute atomic E-state index is 12.5. The van der Waals surface area contributed by atoms with Gasteiger partial charge in [-0.25, -0.2) is 9.59 Å². The molecule has 0 heterocycles. The highest BCUT2D eigenvalue weighted by atomic mass is 16.6. The summed E-state index contributed by atoms with van der Waals surface area (Å²) in [6.07, 6.45) is -1.06. The van der Waals surface area contributed by atoms with Gasteiger partial charge in [-0.15, -0.1) is 0 Å². The van der Waals surface area contributed by atoms with E-state index in [1.165, 1.54) is 0 Å². The third-order valence-electron chi connectivity index (χ3n) is 4.18. The van der Waals surface area contributed by atoms with E-state index in [4.69, 9.17) is 9.47 Å². The van der Waals surface area contributed by atoms with Gasteiger partial charge < -0.3 is 14.8 Å². The van der Waals surface area contributed by atoms with Gasteiger partial charge >= 0.3 is 12.1 Å². The topological polar surface area (TPSA) is 64.6 Å². The van der Waals surface area contributed by atoms with E-state index in [9.17, 15) is 9.59 Å². The van der Waals surface area contributed by atoms with Crippen molar-refractivity contribution in [3.8, 4) is 0 Å². The SMILES string of the molecule is C[C@H](NC(=O)OC(C)(C)C)C(=O)O[C@@H](C)C(c1ccccc1)c1ccccc1. The van der Waals surface area contributed by atoms with E-state index in [0.29, 0.717) is 0 Å². The highest BCUT2D eigenvalue weighted by Crippen LogP contribution is 2.29. The second kappa shape index (κ2) is 9.40. The lowest BCUT2D eigenvalue weighted by Crippen LogP contribution is -2.43. The van der Waals surface area contributed by atoms with Crippen LogP contribution in [-0.2, 0) is 14.3 Å². The number of ether oxygens (including phenoxy) is 2. The largest absolute Gasteiger partial charge is 0.460 e. The molecule has 0 aromatic heterocycles. The van der Waals surface area contributed by atoms with Gasteiger partial charge in [-0.1, -0.05) is 60.7 Å². The monoisotopic (exact) mass is 383 g/mol. The van der Waals surface area contributed by atoms with Crippen molar-refractivity contribution in [1.82, 2.24) is 5.32 Å². The van der Waals surface area contributed by atoms with Crippen LogP contribution in [0, 0.1) is 0 Å². The Labute approximate surface area is 167 Å². The number of nitrogens with one attached hydrogen (secondary N) is 1. The molecule has 2 aromatic carbocycles. The van der Waals surface area contributed by atoms with Gasteiger partial charge in [-0.2, -0.15) is 0 Å². The second-order valence-electron chi connectivity index (χ2n) is 7.81. The van der Waals surface area contributed by atoms with Gasteiger partial charge in [0.25, 0.3) is 0 Å². The van der Waals surface area contributed by atoms with Gasteiger partial charge in [-0.05, 0) is 45.7 Å². The maximum Gasteiger partial charge on any atom is 0.408 e. The molecular formula is C23H29NO4. The van der Waals surface area contributed by atoms with Crippen molar-refractivity contribution in [3.05, 3.63) is 71.8 Å². The fraction of sp³-hybridized carbons (Fsp3) is 0.391. The van der Waals surface area contributed by atoms with Crippen molar-refractivity contribution >= 4 is 12.1 Å². The Bertz CT molecular complexity index is 729. The predicted octanol–water partition coefficient (Wildman–Crippen LogP) is 4.66. The molecule has 0 unspecified atom stereocenters. The average molecular weight is 383 g/mol. The summed E-state index contributed by atoms with van der Waals surface area (Å²) in [5.41, 5.74) is 1.48. The highest BCUT2D eigenvalue weighted by Gasteiger charge is 2.28. The molecule has 0 spiro atoms. The molecule has 0 bridgehead atoms. The second-order valence-corrected chi connectivity index (χ2v) is 7.81. The van der Waals surface area contributed by atoms with E-state index in [-0.39, 0.29) is 5.92 Å². The number of esters is 1. The van der Waals surface area contributed by atoms with Crippen LogP contribution >= 0.6 is 0 Å².